The highest BCUT2D eigenvalue weighted by atomic mass is 79.9. The molecule has 42 heavy (non-hydrogen) atoms. The zero-order valence-electron chi connectivity index (χ0n) is 24.0. The van der Waals surface area contributed by atoms with Crippen LogP contribution in [0.5, 0.6) is 5.75 Å². The summed E-state index contributed by atoms with van der Waals surface area (Å²) in [5.74, 6) is -0.865. The number of nitrogens with zero attached hydrogens (tertiary/aromatic N) is 1. The largest absolute Gasteiger partial charge is 0.479 e. The van der Waals surface area contributed by atoms with Gasteiger partial charge in [0.1, 0.15) is 5.60 Å². The first-order valence-electron chi connectivity index (χ1n) is 13.6. The van der Waals surface area contributed by atoms with Crippen LogP contribution in [0.4, 0.5) is 5.69 Å². The number of anilines is 1. The van der Waals surface area contributed by atoms with E-state index >= 15 is 0 Å². The summed E-state index contributed by atoms with van der Waals surface area (Å²) in [6, 6.07) is 16.3. The van der Waals surface area contributed by atoms with Crippen LogP contribution in [-0.4, -0.2) is 62.6 Å². The monoisotopic (exact) mass is 678 g/mol. The van der Waals surface area contributed by atoms with Crippen molar-refractivity contribution in [1.29, 1.82) is 0 Å². The topological polar surface area (TPSA) is 111 Å². The third kappa shape index (κ3) is 7.91. The number of nitrogens with one attached hydrogen (secondary N) is 1. The maximum Gasteiger partial charge on any atom is 0.352 e. The fraction of sp³-hybridized carbons (Fsp3) is 0.400. The second-order valence-electron chi connectivity index (χ2n) is 10.7. The van der Waals surface area contributed by atoms with Crippen LogP contribution in [0.1, 0.15) is 50.2 Å². The summed E-state index contributed by atoms with van der Waals surface area (Å²) in [7, 11) is -3.52. The minimum absolute atomic E-state index is 0.0945. The minimum atomic E-state index is -3.52. The molecule has 0 atom stereocenters. The van der Waals surface area contributed by atoms with Gasteiger partial charge in [-0.25, -0.2) is 18.0 Å². The first kappa shape index (κ1) is 32.0. The Kier molecular flexibility index (Phi) is 10.3. The van der Waals surface area contributed by atoms with Crippen LogP contribution >= 0.6 is 27.3 Å². The second-order valence-corrected chi connectivity index (χ2v) is 14.5. The van der Waals surface area contributed by atoms with E-state index in [1.54, 1.807) is 58.0 Å². The molecule has 9 nitrogen and oxygen atoms in total. The Balaban J connectivity index is 1.48. The number of hydrogen-bond donors (Lipinski definition) is 1. The average molecular weight is 680 g/mol. The van der Waals surface area contributed by atoms with Gasteiger partial charge in [0.25, 0.3) is 0 Å². The van der Waals surface area contributed by atoms with Crippen molar-refractivity contribution < 1.29 is 32.2 Å². The molecule has 1 aromatic heterocycles. The molecule has 0 aliphatic carbocycles. The van der Waals surface area contributed by atoms with E-state index in [0.29, 0.717) is 35.3 Å². The van der Waals surface area contributed by atoms with Crippen LogP contribution in [-0.2, 0) is 24.3 Å². The van der Waals surface area contributed by atoms with Crippen molar-refractivity contribution in [3.05, 3.63) is 63.9 Å². The molecule has 1 aliphatic rings. The summed E-state index contributed by atoms with van der Waals surface area (Å²) in [6.45, 7) is 7.70. The average Bonchev–Trinajstić information content (AvgIpc) is 3.28. The van der Waals surface area contributed by atoms with Gasteiger partial charge in [0.05, 0.1) is 20.9 Å². The van der Waals surface area contributed by atoms with Crippen LogP contribution in [0.25, 0.3) is 10.4 Å². The number of hydrogen-bond acceptors (Lipinski definition) is 9. The summed E-state index contributed by atoms with van der Waals surface area (Å²) < 4.78 is 44.4. The lowest BCUT2D eigenvalue weighted by atomic mass is 10.1. The van der Waals surface area contributed by atoms with Gasteiger partial charge in [0.2, 0.25) is 10.0 Å². The molecule has 0 radical (unpaired) electrons. The normalized spacial score (nSPS) is 14.8. The predicted octanol–water partition coefficient (Wildman–Crippen LogP) is 6.34. The third-order valence-electron chi connectivity index (χ3n) is 6.35. The number of halogens is 1. The van der Waals surface area contributed by atoms with Gasteiger partial charge in [-0.2, -0.15) is 4.31 Å². The molecule has 2 aromatic carbocycles. The van der Waals surface area contributed by atoms with Gasteiger partial charge >= 0.3 is 11.9 Å². The molecule has 0 saturated carbocycles. The SMILES string of the molecule is CCOC(=O)c1sc(-c2cccc(NC3CCN(S(=O)(=O)c4ccccc4)CC3)c2)c(Br)c1OCC(=O)OC(C)(C)C. The van der Waals surface area contributed by atoms with E-state index in [-0.39, 0.29) is 29.9 Å². The van der Waals surface area contributed by atoms with Gasteiger partial charge in [0.15, 0.2) is 17.2 Å². The number of benzene rings is 2. The van der Waals surface area contributed by atoms with Crippen molar-refractivity contribution >= 4 is 54.9 Å². The zero-order chi connectivity index (χ0) is 30.5. The molecule has 2 heterocycles. The fourth-order valence-electron chi connectivity index (χ4n) is 4.51. The number of carbonyl (C=O) groups excluding carboxylic acids is 2. The number of carbonyl (C=O) groups is 2. The van der Waals surface area contributed by atoms with Crippen molar-refractivity contribution in [1.82, 2.24) is 4.31 Å². The Bertz CT molecular complexity index is 1510. The van der Waals surface area contributed by atoms with E-state index < -0.39 is 27.6 Å². The Morgan fingerprint density at radius 2 is 1.76 bits per heavy atom. The van der Waals surface area contributed by atoms with Crippen molar-refractivity contribution in [3.8, 4) is 16.2 Å². The Morgan fingerprint density at radius 3 is 2.40 bits per heavy atom. The number of thiophene rings is 1. The van der Waals surface area contributed by atoms with E-state index in [0.717, 1.165) is 16.1 Å². The molecular formula is C30H35BrN2O7S2. The predicted molar refractivity (Wildman–Crippen MR) is 167 cm³/mol. The van der Waals surface area contributed by atoms with Crippen molar-refractivity contribution in [2.45, 2.75) is 57.1 Å². The highest BCUT2D eigenvalue weighted by Gasteiger charge is 2.30. The first-order valence-corrected chi connectivity index (χ1v) is 16.7. The standard InChI is InChI=1S/C30H35BrN2O7S2/c1-5-38-29(35)28-26(39-19-24(34)40-30(2,3)4)25(31)27(41-28)20-10-9-11-22(18-20)32-21-14-16-33(17-15-21)42(36,37)23-12-7-6-8-13-23/h6-13,18,21,32H,5,14-17,19H2,1-4H3. The molecule has 0 unspecified atom stereocenters. The van der Waals surface area contributed by atoms with Gasteiger partial charge in [0, 0.05) is 24.8 Å². The zero-order valence-corrected chi connectivity index (χ0v) is 27.2. The molecule has 1 saturated heterocycles. The van der Waals surface area contributed by atoms with E-state index in [9.17, 15) is 18.0 Å². The van der Waals surface area contributed by atoms with Gasteiger partial charge in [-0.3, -0.25) is 0 Å². The molecule has 0 amide bonds. The Morgan fingerprint density at radius 1 is 1.07 bits per heavy atom. The molecule has 1 N–H and O–H groups in total. The number of rotatable bonds is 10. The van der Waals surface area contributed by atoms with Gasteiger partial charge in [-0.1, -0.05) is 30.3 Å². The summed E-state index contributed by atoms with van der Waals surface area (Å²) in [5.41, 5.74) is 1.03. The van der Waals surface area contributed by atoms with Crippen molar-refractivity contribution in [2.24, 2.45) is 0 Å². The lowest BCUT2D eigenvalue weighted by molar-refractivity contribution is -0.157. The van der Waals surface area contributed by atoms with E-state index in [2.05, 4.69) is 21.2 Å². The summed E-state index contributed by atoms with van der Waals surface area (Å²) in [6.07, 6.45) is 1.32. The van der Waals surface area contributed by atoms with Crippen LogP contribution in [0.2, 0.25) is 0 Å². The summed E-state index contributed by atoms with van der Waals surface area (Å²) in [5, 5.41) is 3.53. The molecule has 12 heteroatoms. The lowest BCUT2D eigenvalue weighted by Crippen LogP contribution is -2.42. The highest BCUT2D eigenvalue weighted by Crippen LogP contribution is 2.46. The first-order chi connectivity index (χ1) is 19.9. The van der Waals surface area contributed by atoms with Gasteiger partial charge < -0.3 is 19.5 Å². The van der Waals surface area contributed by atoms with Gasteiger partial charge in [-0.15, -0.1) is 11.3 Å². The molecule has 226 valence electrons. The van der Waals surface area contributed by atoms with Crippen LogP contribution < -0.4 is 10.1 Å². The van der Waals surface area contributed by atoms with Crippen molar-refractivity contribution in [2.75, 3.05) is 31.6 Å². The maximum atomic E-state index is 13.0. The quantitative estimate of drug-likeness (QED) is 0.247. The van der Waals surface area contributed by atoms with E-state index in [4.69, 9.17) is 14.2 Å². The summed E-state index contributed by atoms with van der Waals surface area (Å²) in [4.78, 5) is 26.3. The van der Waals surface area contributed by atoms with Crippen molar-refractivity contribution in [3.63, 3.8) is 0 Å². The van der Waals surface area contributed by atoms with Crippen LogP contribution in [0.3, 0.4) is 0 Å². The molecule has 0 bridgehead atoms. The number of piperidine rings is 1. The molecular weight excluding hydrogens is 644 g/mol. The highest BCUT2D eigenvalue weighted by molar-refractivity contribution is 9.10. The number of ether oxygens (including phenoxy) is 3. The molecule has 3 aromatic rings. The number of esters is 2. The number of sulfonamides is 1. The fourth-order valence-corrected chi connectivity index (χ4v) is 7.95. The van der Waals surface area contributed by atoms with E-state index in [1.807, 2.05) is 24.3 Å². The Hall–Kier alpha value is -2.93. The summed E-state index contributed by atoms with van der Waals surface area (Å²) >= 11 is 4.79. The molecule has 1 fully saturated rings. The van der Waals surface area contributed by atoms with Crippen LogP contribution in [0, 0.1) is 0 Å². The van der Waals surface area contributed by atoms with Crippen LogP contribution in [0.15, 0.2) is 64.0 Å². The van der Waals surface area contributed by atoms with Gasteiger partial charge in [-0.05, 0) is 86.3 Å². The molecule has 4 rings (SSSR count). The third-order valence-corrected chi connectivity index (χ3v) is 10.5. The minimum Gasteiger partial charge on any atom is -0.479 e. The smallest absolute Gasteiger partial charge is 0.352 e. The molecule has 0 spiro atoms. The second kappa shape index (κ2) is 13.6. The Labute approximate surface area is 259 Å². The lowest BCUT2D eigenvalue weighted by Gasteiger charge is -2.32. The molecule has 1 aliphatic heterocycles. The maximum absolute atomic E-state index is 13.0. The van der Waals surface area contributed by atoms with E-state index in [1.165, 1.54) is 15.6 Å².